The molecule has 0 fully saturated rings. The second-order valence-electron chi connectivity index (χ2n) is 2.82. The number of fused-ring (bicyclic) bond motifs is 1. The molecule has 0 aliphatic rings. The van der Waals surface area contributed by atoms with Crippen molar-refractivity contribution in [2.75, 3.05) is 0 Å². The summed E-state index contributed by atoms with van der Waals surface area (Å²) in [6.07, 6.45) is 0. The van der Waals surface area contributed by atoms with Gasteiger partial charge in [-0.1, -0.05) is 6.07 Å². The highest BCUT2D eigenvalue weighted by atomic mass is 16.4. The minimum Gasteiger partial charge on any atom is -0.477 e. The molecule has 1 aromatic heterocycles. The molecule has 70 valence electrons. The molecular formula is C9H6N2O3. The second-order valence-corrected chi connectivity index (χ2v) is 2.82. The van der Waals surface area contributed by atoms with E-state index in [-0.39, 0.29) is 11.4 Å². The van der Waals surface area contributed by atoms with Crippen molar-refractivity contribution in [1.29, 1.82) is 0 Å². The average molecular weight is 190 g/mol. The zero-order chi connectivity index (χ0) is 10.1. The quantitative estimate of drug-likeness (QED) is 0.712. The van der Waals surface area contributed by atoms with Crippen LogP contribution in [-0.4, -0.2) is 16.1 Å². The van der Waals surface area contributed by atoms with Crippen molar-refractivity contribution in [3.63, 3.8) is 0 Å². The fourth-order valence-electron chi connectivity index (χ4n) is 1.33. The molecule has 0 unspecified atom stereocenters. The Balaban J connectivity index is 2.76. The third kappa shape index (κ3) is 1.15. The van der Waals surface area contributed by atoms with Gasteiger partial charge in [-0.3, -0.25) is 0 Å². The van der Waals surface area contributed by atoms with E-state index in [9.17, 15) is 9.70 Å². The first-order chi connectivity index (χ1) is 6.72. The molecule has 0 bridgehead atoms. The van der Waals surface area contributed by atoms with Crippen LogP contribution in [0.25, 0.3) is 10.9 Å². The number of H-pyrrole nitrogens is 1. The smallest absolute Gasteiger partial charge is 0.352 e. The number of aromatic nitrogens is 1. The predicted octanol–water partition coefficient (Wildman–Crippen LogP) is 2.26. The monoisotopic (exact) mass is 190 g/mol. The minimum absolute atomic E-state index is 0.0519. The van der Waals surface area contributed by atoms with E-state index < -0.39 is 5.97 Å². The van der Waals surface area contributed by atoms with Crippen molar-refractivity contribution in [3.8, 4) is 0 Å². The van der Waals surface area contributed by atoms with Crippen molar-refractivity contribution in [2.24, 2.45) is 5.18 Å². The molecule has 0 amide bonds. The van der Waals surface area contributed by atoms with E-state index in [1.165, 1.54) is 12.1 Å². The number of rotatable bonds is 2. The number of benzene rings is 1. The van der Waals surface area contributed by atoms with Crippen LogP contribution < -0.4 is 0 Å². The first kappa shape index (κ1) is 8.43. The maximum absolute atomic E-state index is 10.6. The lowest BCUT2D eigenvalue weighted by Crippen LogP contribution is -1.94. The Kier molecular flexibility index (Phi) is 1.78. The number of nitroso groups, excluding NO2 is 1. The summed E-state index contributed by atoms with van der Waals surface area (Å²) in [7, 11) is 0. The van der Waals surface area contributed by atoms with Gasteiger partial charge in [0.05, 0.1) is 0 Å². The van der Waals surface area contributed by atoms with Gasteiger partial charge in [0.1, 0.15) is 11.4 Å². The highest BCUT2D eigenvalue weighted by molar-refractivity contribution is 5.98. The van der Waals surface area contributed by atoms with Crippen molar-refractivity contribution < 1.29 is 9.90 Å². The van der Waals surface area contributed by atoms with Gasteiger partial charge < -0.3 is 10.1 Å². The lowest BCUT2D eigenvalue weighted by Gasteiger charge is -1.89. The van der Waals surface area contributed by atoms with Gasteiger partial charge in [0, 0.05) is 10.9 Å². The second kappa shape index (κ2) is 2.95. The molecular weight excluding hydrogens is 184 g/mol. The standard InChI is InChI=1S/C9H6N2O3/c12-9(13)8-4-5-6(10-8)2-1-3-7(5)11-14/h1-4,10H,(H,12,13). The number of carboxylic acids is 1. The fourth-order valence-corrected chi connectivity index (χ4v) is 1.33. The summed E-state index contributed by atoms with van der Waals surface area (Å²) in [6.45, 7) is 0. The van der Waals surface area contributed by atoms with Gasteiger partial charge in [-0.25, -0.2) is 4.79 Å². The van der Waals surface area contributed by atoms with Gasteiger partial charge in [0.25, 0.3) is 0 Å². The molecule has 0 radical (unpaired) electrons. The molecule has 0 aliphatic carbocycles. The van der Waals surface area contributed by atoms with Crippen LogP contribution in [0.15, 0.2) is 29.4 Å². The van der Waals surface area contributed by atoms with Crippen LogP contribution in [0.3, 0.4) is 0 Å². The van der Waals surface area contributed by atoms with Gasteiger partial charge in [0.2, 0.25) is 0 Å². The number of aromatic amines is 1. The summed E-state index contributed by atoms with van der Waals surface area (Å²) in [5, 5.41) is 12.0. The SMILES string of the molecule is O=Nc1cccc2[nH]c(C(=O)O)cc12. The topological polar surface area (TPSA) is 82.5 Å². The van der Waals surface area contributed by atoms with Crippen LogP contribution in [0, 0.1) is 4.91 Å². The molecule has 0 saturated heterocycles. The number of aromatic carboxylic acids is 1. The number of carbonyl (C=O) groups is 1. The van der Waals surface area contributed by atoms with E-state index in [4.69, 9.17) is 5.11 Å². The maximum Gasteiger partial charge on any atom is 0.352 e. The third-order valence-electron chi connectivity index (χ3n) is 1.97. The molecule has 0 aliphatic heterocycles. The summed E-state index contributed by atoms with van der Waals surface area (Å²) in [6, 6.07) is 6.26. The normalized spacial score (nSPS) is 10.3. The molecule has 1 aromatic carbocycles. The highest BCUT2D eigenvalue weighted by Gasteiger charge is 2.09. The Morgan fingerprint density at radius 1 is 1.43 bits per heavy atom. The Hall–Kier alpha value is -2.17. The van der Waals surface area contributed by atoms with Crippen LogP contribution in [-0.2, 0) is 0 Å². The van der Waals surface area contributed by atoms with Crippen LogP contribution in [0.5, 0.6) is 0 Å². The van der Waals surface area contributed by atoms with Crippen molar-refractivity contribution in [3.05, 3.63) is 34.9 Å². The number of nitrogens with zero attached hydrogens (tertiary/aromatic N) is 1. The molecule has 1 heterocycles. The van der Waals surface area contributed by atoms with Gasteiger partial charge >= 0.3 is 5.97 Å². The van der Waals surface area contributed by atoms with E-state index in [0.29, 0.717) is 10.9 Å². The predicted molar refractivity (Wildman–Crippen MR) is 50.7 cm³/mol. The first-order valence-electron chi connectivity index (χ1n) is 3.91. The maximum atomic E-state index is 10.6. The molecule has 0 saturated carbocycles. The zero-order valence-electron chi connectivity index (χ0n) is 7.02. The van der Waals surface area contributed by atoms with E-state index in [1.807, 2.05) is 0 Å². The summed E-state index contributed by atoms with van der Waals surface area (Å²) in [5.74, 6) is -1.06. The van der Waals surface area contributed by atoms with Crippen LogP contribution in [0.2, 0.25) is 0 Å². The zero-order valence-corrected chi connectivity index (χ0v) is 7.02. The summed E-state index contributed by atoms with van der Waals surface area (Å²) in [5.41, 5.74) is 0.891. The number of nitrogens with one attached hydrogen (secondary N) is 1. The van der Waals surface area contributed by atoms with Crippen molar-refractivity contribution in [2.45, 2.75) is 0 Å². The Morgan fingerprint density at radius 3 is 2.86 bits per heavy atom. The number of carboxylic acid groups (broad SMARTS) is 1. The van der Waals surface area contributed by atoms with E-state index in [0.717, 1.165) is 0 Å². The van der Waals surface area contributed by atoms with E-state index in [1.54, 1.807) is 12.1 Å². The molecule has 14 heavy (non-hydrogen) atoms. The molecule has 5 heteroatoms. The lowest BCUT2D eigenvalue weighted by atomic mass is 10.2. The van der Waals surface area contributed by atoms with Gasteiger partial charge in [-0.2, -0.15) is 0 Å². The summed E-state index contributed by atoms with van der Waals surface area (Å²) < 4.78 is 0. The van der Waals surface area contributed by atoms with Gasteiger partial charge in [-0.15, -0.1) is 4.91 Å². The first-order valence-corrected chi connectivity index (χ1v) is 3.91. The van der Waals surface area contributed by atoms with Crippen LogP contribution >= 0.6 is 0 Å². The average Bonchev–Trinajstić information content (AvgIpc) is 2.60. The largest absolute Gasteiger partial charge is 0.477 e. The highest BCUT2D eigenvalue weighted by Crippen LogP contribution is 2.26. The van der Waals surface area contributed by atoms with Crippen molar-refractivity contribution in [1.82, 2.24) is 4.98 Å². The number of hydrogen-bond donors (Lipinski definition) is 2. The number of hydrogen-bond acceptors (Lipinski definition) is 3. The molecule has 0 spiro atoms. The molecule has 5 nitrogen and oxygen atoms in total. The molecule has 2 rings (SSSR count). The molecule has 2 N–H and O–H groups in total. The van der Waals surface area contributed by atoms with Crippen molar-refractivity contribution >= 4 is 22.6 Å². The molecule has 0 atom stereocenters. The van der Waals surface area contributed by atoms with Gasteiger partial charge in [-0.05, 0) is 23.4 Å². The molecule has 2 aromatic rings. The fraction of sp³-hybridized carbons (Fsp3) is 0. The Bertz CT molecular complexity index is 516. The Morgan fingerprint density at radius 2 is 2.21 bits per heavy atom. The van der Waals surface area contributed by atoms with E-state index in [2.05, 4.69) is 10.2 Å². The Labute approximate surface area is 78.3 Å². The summed E-state index contributed by atoms with van der Waals surface area (Å²) in [4.78, 5) is 23.7. The lowest BCUT2D eigenvalue weighted by molar-refractivity contribution is 0.0691. The van der Waals surface area contributed by atoms with E-state index >= 15 is 0 Å². The van der Waals surface area contributed by atoms with Crippen LogP contribution in [0.4, 0.5) is 5.69 Å². The minimum atomic E-state index is -1.06. The third-order valence-corrected chi connectivity index (χ3v) is 1.97. The van der Waals surface area contributed by atoms with Crippen LogP contribution in [0.1, 0.15) is 10.5 Å². The van der Waals surface area contributed by atoms with Gasteiger partial charge in [0.15, 0.2) is 0 Å². The summed E-state index contributed by atoms with van der Waals surface area (Å²) >= 11 is 0.